The van der Waals surface area contributed by atoms with E-state index in [-0.39, 0.29) is 5.41 Å². The first-order valence-corrected chi connectivity index (χ1v) is 9.11. The third-order valence-electron chi connectivity index (χ3n) is 3.26. The number of anilines is 1. The van der Waals surface area contributed by atoms with Crippen molar-refractivity contribution in [2.45, 2.75) is 46.2 Å². The Bertz CT molecular complexity index is 553. The minimum Gasteiger partial charge on any atom is -0.347 e. The molecule has 0 amide bonds. The monoisotopic (exact) mass is 323 g/mol. The maximum absolute atomic E-state index is 4.92. The van der Waals surface area contributed by atoms with Gasteiger partial charge >= 0.3 is 0 Å². The SMILES string of the molecule is CCNCc1sc(N(C)Cc2ccsc2)nc1C(C)(C)C. The molecule has 116 valence electrons. The zero-order chi connectivity index (χ0) is 15.5. The molecule has 2 heterocycles. The molecule has 1 N–H and O–H groups in total. The summed E-state index contributed by atoms with van der Waals surface area (Å²) < 4.78 is 0. The van der Waals surface area contributed by atoms with Crippen LogP contribution < -0.4 is 10.2 Å². The highest BCUT2D eigenvalue weighted by molar-refractivity contribution is 7.15. The largest absolute Gasteiger partial charge is 0.347 e. The van der Waals surface area contributed by atoms with Crippen molar-refractivity contribution in [3.63, 3.8) is 0 Å². The molecule has 0 aliphatic carbocycles. The molecular formula is C16H25N3S2. The van der Waals surface area contributed by atoms with Crippen LogP contribution in [0.5, 0.6) is 0 Å². The molecule has 0 aliphatic heterocycles. The minimum absolute atomic E-state index is 0.0860. The van der Waals surface area contributed by atoms with Crippen LogP contribution in [0.25, 0.3) is 0 Å². The quantitative estimate of drug-likeness (QED) is 0.861. The number of thiophene rings is 1. The summed E-state index contributed by atoms with van der Waals surface area (Å²) in [5.74, 6) is 0. The van der Waals surface area contributed by atoms with E-state index < -0.39 is 0 Å². The van der Waals surface area contributed by atoms with Gasteiger partial charge in [-0.05, 0) is 28.9 Å². The molecule has 5 heteroatoms. The number of aromatic nitrogens is 1. The van der Waals surface area contributed by atoms with Crippen LogP contribution in [0.1, 0.15) is 43.8 Å². The van der Waals surface area contributed by atoms with Crippen LogP contribution in [0, 0.1) is 0 Å². The smallest absolute Gasteiger partial charge is 0.185 e. The van der Waals surface area contributed by atoms with Crippen LogP contribution in [0.4, 0.5) is 5.13 Å². The fraction of sp³-hybridized carbons (Fsp3) is 0.562. The van der Waals surface area contributed by atoms with Gasteiger partial charge in [-0.3, -0.25) is 0 Å². The van der Waals surface area contributed by atoms with Gasteiger partial charge in [0.15, 0.2) is 5.13 Å². The third-order valence-corrected chi connectivity index (χ3v) is 5.16. The summed E-state index contributed by atoms with van der Waals surface area (Å²) in [4.78, 5) is 8.53. The summed E-state index contributed by atoms with van der Waals surface area (Å²) in [6, 6.07) is 2.18. The lowest BCUT2D eigenvalue weighted by atomic mass is 9.91. The number of thiazole rings is 1. The average molecular weight is 324 g/mol. The highest BCUT2D eigenvalue weighted by Crippen LogP contribution is 2.34. The number of hydrogen-bond donors (Lipinski definition) is 1. The molecule has 2 aromatic rings. The van der Waals surface area contributed by atoms with E-state index in [1.165, 1.54) is 16.1 Å². The predicted octanol–water partition coefficient (Wildman–Crippen LogP) is 4.25. The summed E-state index contributed by atoms with van der Waals surface area (Å²) in [5.41, 5.74) is 2.66. The minimum atomic E-state index is 0.0860. The predicted molar refractivity (Wildman–Crippen MR) is 94.6 cm³/mol. The lowest BCUT2D eigenvalue weighted by molar-refractivity contribution is 0.560. The van der Waals surface area contributed by atoms with Crippen molar-refractivity contribution in [3.8, 4) is 0 Å². The lowest BCUT2D eigenvalue weighted by Crippen LogP contribution is -2.19. The number of nitrogens with one attached hydrogen (secondary N) is 1. The third kappa shape index (κ3) is 4.28. The van der Waals surface area contributed by atoms with E-state index in [9.17, 15) is 0 Å². The molecule has 0 aromatic carbocycles. The van der Waals surface area contributed by atoms with Gasteiger partial charge in [0.05, 0.1) is 5.69 Å². The number of rotatable bonds is 6. The van der Waals surface area contributed by atoms with Gasteiger partial charge in [0.1, 0.15) is 0 Å². The van der Waals surface area contributed by atoms with E-state index in [1.807, 2.05) is 11.3 Å². The van der Waals surface area contributed by atoms with Crippen molar-refractivity contribution >= 4 is 27.8 Å². The summed E-state index contributed by atoms with van der Waals surface area (Å²) >= 11 is 3.56. The van der Waals surface area contributed by atoms with Crippen LogP contribution in [0.15, 0.2) is 16.8 Å². The highest BCUT2D eigenvalue weighted by Gasteiger charge is 2.24. The van der Waals surface area contributed by atoms with Gasteiger partial charge in [0, 0.05) is 30.4 Å². The Balaban J connectivity index is 2.21. The Hall–Kier alpha value is -0.910. The van der Waals surface area contributed by atoms with Crippen molar-refractivity contribution in [1.82, 2.24) is 10.3 Å². The zero-order valence-corrected chi connectivity index (χ0v) is 15.2. The van der Waals surface area contributed by atoms with Gasteiger partial charge < -0.3 is 10.2 Å². The average Bonchev–Trinajstić information content (AvgIpc) is 3.04. The van der Waals surface area contributed by atoms with Crippen LogP contribution >= 0.6 is 22.7 Å². The first-order chi connectivity index (χ1) is 9.91. The Morgan fingerprint density at radius 1 is 1.33 bits per heavy atom. The second-order valence-electron chi connectivity index (χ2n) is 6.29. The van der Waals surface area contributed by atoms with Crippen molar-refractivity contribution < 1.29 is 0 Å². The summed E-state index contributed by atoms with van der Waals surface area (Å²) in [6.45, 7) is 11.7. The fourth-order valence-corrected chi connectivity index (χ4v) is 4.03. The lowest BCUT2D eigenvalue weighted by Gasteiger charge is -2.18. The maximum atomic E-state index is 4.92. The summed E-state index contributed by atoms with van der Waals surface area (Å²) in [7, 11) is 2.12. The van der Waals surface area contributed by atoms with E-state index in [1.54, 1.807) is 11.3 Å². The second kappa shape index (κ2) is 6.90. The molecule has 0 radical (unpaired) electrons. The first-order valence-electron chi connectivity index (χ1n) is 7.35. The van der Waals surface area contributed by atoms with Crippen LogP contribution in [-0.4, -0.2) is 18.6 Å². The molecule has 0 saturated carbocycles. The van der Waals surface area contributed by atoms with Crippen molar-refractivity contribution in [2.75, 3.05) is 18.5 Å². The Labute approximate surface area is 136 Å². The number of nitrogens with zero attached hydrogens (tertiary/aromatic N) is 2. The molecule has 0 unspecified atom stereocenters. The van der Waals surface area contributed by atoms with Gasteiger partial charge in [-0.25, -0.2) is 4.98 Å². The first kappa shape index (κ1) is 16.5. The van der Waals surface area contributed by atoms with Crippen molar-refractivity contribution in [2.24, 2.45) is 0 Å². The molecule has 0 saturated heterocycles. The van der Waals surface area contributed by atoms with E-state index in [4.69, 9.17) is 4.98 Å². The molecular weight excluding hydrogens is 298 g/mol. The van der Waals surface area contributed by atoms with Gasteiger partial charge in [-0.2, -0.15) is 11.3 Å². The summed E-state index contributed by atoms with van der Waals surface area (Å²) in [5, 5.41) is 8.87. The zero-order valence-electron chi connectivity index (χ0n) is 13.6. The fourth-order valence-electron chi connectivity index (χ4n) is 2.17. The Morgan fingerprint density at radius 2 is 2.10 bits per heavy atom. The summed E-state index contributed by atoms with van der Waals surface area (Å²) in [6.07, 6.45) is 0. The Kier molecular flexibility index (Phi) is 5.41. The molecule has 21 heavy (non-hydrogen) atoms. The van der Waals surface area contributed by atoms with Crippen LogP contribution in [0.2, 0.25) is 0 Å². The standard InChI is InChI=1S/C16H25N3S2/c1-6-17-9-13-14(16(2,3)4)18-15(21-13)19(5)10-12-7-8-20-11-12/h7-8,11,17H,6,9-10H2,1-5H3. The van der Waals surface area contributed by atoms with Crippen molar-refractivity contribution in [1.29, 1.82) is 0 Å². The molecule has 0 atom stereocenters. The van der Waals surface area contributed by atoms with E-state index in [2.05, 4.69) is 61.8 Å². The maximum Gasteiger partial charge on any atom is 0.185 e. The molecule has 0 fully saturated rings. The van der Waals surface area contributed by atoms with Gasteiger partial charge in [0.25, 0.3) is 0 Å². The normalized spacial score (nSPS) is 11.9. The van der Waals surface area contributed by atoms with Gasteiger partial charge in [-0.1, -0.05) is 27.7 Å². The molecule has 3 nitrogen and oxygen atoms in total. The van der Waals surface area contributed by atoms with Gasteiger partial charge in [0.2, 0.25) is 0 Å². The molecule has 2 aromatic heterocycles. The van der Waals surface area contributed by atoms with E-state index >= 15 is 0 Å². The topological polar surface area (TPSA) is 28.2 Å². The van der Waals surface area contributed by atoms with E-state index in [0.717, 1.165) is 24.8 Å². The number of hydrogen-bond acceptors (Lipinski definition) is 5. The van der Waals surface area contributed by atoms with Crippen LogP contribution in [-0.2, 0) is 18.5 Å². The highest BCUT2D eigenvalue weighted by atomic mass is 32.1. The van der Waals surface area contributed by atoms with Crippen molar-refractivity contribution in [3.05, 3.63) is 33.0 Å². The Morgan fingerprint density at radius 3 is 2.67 bits per heavy atom. The molecule has 0 bridgehead atoms. The van der Waals surface area contributed by atoms with Crippen LogP contribution in [0.3, 0.4) is 0 Å². The molecule has 0 spiro atoms. The molecule has 0 aliphatic rings. The second-order valence-corrected chi connectivity index (χ2v) is 8.13. The van der Waals surface area contributed by atoms with Gasteiger partial charge in [-0.15, -0.1) is 11.3 Å². The molecule has 2 rings (SSSR count). The van der Waals surface area contributed by atoms with E-state index in [0.29, 0.717) is 0 Å².